The van der Waals surface area contributed by atoms with E-state index in [1.165, 1.54) is 0 Å². The van der Waals surface area contributed by atoms with Crippen LogP contribution in [0.25, 0.3) is 0 Å². The van der Waals surface area contributed by atoms with Gasteiger partial charge in [-0.25, -0.2) is 4.99 Å². The van der Waals surface area contributed by atoms with Gasteiger partial charge in [-0.1, -0.05) is 6.92 Å². The maximum absolute atomic E-state index is 11.7. The van der Waals surface area contributed by atoms with Crippen LogP contribution < -0.4 is 10.6 Å². The number of ether oxygens (including phenoxy) is 1. The molecule has 23 heavy (non-hydrogen) atoms. The zero-order valence-electron chi connectivity index (χ0n) is 14.7. The molecular formula is C15H28N6O2. The second-order valence-electron chi connectivity index (χ2n) is 6.00. The van der Waals surface area contributed by atoms with E-state index in [0.717, 1.165) is 18.8 Å². The zero-order valence-corrected chi connectivity index (χ0v) is 14.7. The highest BCUT2D eigenvalue weighted by molar-refractivity contribution is 5.83. The van der Waals surface area contributed by atoms with Crippen LogP contribution in [0.2, 0.25) is 0 Å². The smallest absolute Gasteiger partial charge is 0.328 e. The SMILES string of the molecule is CCNC(=NCC(=O)OC(C)(C)C)NCCn1cnnc1CC. The van der Waals surface area contributed by atoms with Gasteiger partial charge in [-0.2, -0.15) is 0 Å². The Morgan fingerprint density at radius 3 is 2.70 bits per heavy atom. The molecule has 0 bridgehead atoms. The van der Waals surface area contributed by atoms with Gasteiger partial charge in [0.05, 0.1) is 0 Å². The van der Waals surface area contributed by atoms with E-state index in [1.807, 2.05) is 39.2 Å². The average molecular weight is 324 g/mol. The molecule has 0 aliphatic rings. The molecule has 1 rings (SSSR count). The first-order valence-corrected chi connectivity index (χ1v) is 7.96. The first-order valence-electron chi connectivity index (χ1n) is 7.96. The van der Waals surface area contributed by atoms with Crippen molar-refractivity contribution in [3.63, 3.8) is 0 Å². The van der Waals surface area contributed by atoms with Crippen molar-refractivity contribution in [3.8, 4) is 0 Å². The zero-order chi connectivity index (χ0) is 17.3. The Morgan fingerprint density at radius 2 is 2.09 bits per heavy atom. The number of esters is 1. The largest absolute Gasteiger partial charge is 0.459 e. The lowest BCUT2D eigenvalue weighted by molar-refractivity contribution is -0.152. The lowest BCUT2D eigenvalue weighted by Gasteiger charge is -2.19. The molecule has 1 aromatic heterocycles. The molecule has 0 radical (unpaired) electrons. The van der Waals surface area contributed by atoms with E-state index in [4.69, 9.17) is 4.74 Å². The van der Waals surface area contributed by atoms with Gasteiger partial charge in [0, 0.05) is 26.1 Å². The molecule has 130 valence electrons. The molecule has 0 fully saturated rings. The van der Waals surface area contributed by atoms with Gasteiger partial charge in [-0.15, -0.1) is 10.2 Å². The Labute approximate surface area is 137 Å². The van der Waals surface area contributed by atoms with Crippen molar-refractivity contribution in [1.82, 2.24) is 25.4 Å². The number of nitrogens with zero attached hydrogens (tertiary/aromatic N) is 4. The summed E-state index contributed by atoms with van der Waals surface area (Å²) in [6.07, 6.45) is 2.55. The number of carbonyl (C=O) groups is 1. The topological polar surface area (TPSA) is 93.4 Å². The Bertz CT molecular complexity index is 518. The molecule has 8 nitrogen and oxygen atoms in total. The summed E-state index contributed by atoms with van der Waals surface area (Å²) in [4.78, 5) is 15.9. The van der Waals surface area contributed by atoms with Gasteiger partial charge < -0.3 is 19.9 Å². The van der Waals surface area contributed by atoms with Crippen molar-refractivity contribution in [2.24, 2.45) is 4.99 Å². The van der Waals surface area contributed by atoms with E-state index in [1.54, 1.807) is 6.33 Å². The summed E-state index contributed by atoms with van der Waals surface area (Å²) in [7, 11) is 0. The van der Waals surface area contributed by atoms with Gasteiger partial charge in [0.2, 0.25) is 0 Å². The van der Waals surface area contributed by atoms with E-state index in [2.05, 4.69) is 25.8 Å². The lowest BCUT2D eigenvalue weighted by Crippen LogP contribution is -2.39. The summed E-state index contributed by atoms with van der Waals surface area (Å²) in [5.74, 6) is 1.19. The predicted molar refractivity (Wildman–Crippen MR) is 89.2 cm³/mol. The number of hydrogen-bond acceptors (Lipinski definition) is 5. The second kappa shape index (κ2) is 9.12. The maximum Gasteiger partial charge on any atom is 0.328 e. The molecular weight excluding hydrogens is 296 g/mol. The van der Waals surface area contributed by atoms with E-state index in [9.17, 15) is 4.79 Å². The molecule has 1 aromatic rings. The molecule has 0 aliphatic heterocycles. The molecule has 0 spiro atoms. The fourth-order valence-corrected chi connectivity index (χ4v) is 1.89. The van der Waals surface area contributed by atoms with E-state index in [-0.39, 0.29) is 12.5 Å². The highest BCUT2D eigenvalue weighted by Gasteiger charge is 2.15. The van der Waals surface area contributed by atoms with Crippen LogP contribution in [0.5, 0.6) is 0 Å². The van der Waals surface area contributed by atoms with Gasteiger partial charge in [0.15, 0.2) is 5.96 Å². The molecule has 0 amide bonds. The summed E-state index contributed by atoms with van der Waals surface area (Å²) < 4.78 is 7.23. The van der Waals surface area contributed by atoms with E-state index in [0.29, 0.717) is 19.0 Å². The van der Waals surface area contributed by atoms with Crippen molar-refractivity contribution in [2.75, 3.05) is 19.6 Å². The van der Waals surface area contributed by atoms with Gasteiger partial charge in [0.25, 0.3) is 0 Å². The standard InChI is InChI=1S/C15H28N6O2/c1-6-12-20-19-11-21(12)9-8-17-14(16-7-2)18-10-13(22)23-15(3,4)5/h11H,6-10H2,1-5H3,(H2,16,17,18). The number of hydrogen-bond donors (Lipinski definition) is 2. The van der Waals surface area contributed by atoms with Crippen LogP contribution in [-0.2, 0) is 22.5 Å². The summed E-state index contributed by atoms with van der Waals surface area (Å²) in [5.41, 5.74) is -0.497. The van der Waals surface area contributed by atoms with Crippen LogP contribution in [0.1, 0.15) is 40.4 Å². The number of aryl methyl sites for hydroxylation is 1. The number of aliphatic imine (C=N–C) groups is 1. The Morgan fingerprint density at radius 1 is 1.35 bits per heavy atom. The highest BCUT2D eigenvalue weighted by Crippen LogP contribution is 2.06. The van der Waals surface area contributed by atoms with Crippen molar-refractivity contribution >= 4 is 11.9 Å². The minimum absolute atomic E-state index is 0.0144. The molecule has 1 heterocycles. The van der Waals surface area contributed by atoms with Crippen molar-refractivity contribution in [1.29, 1.82) is 0 Å². The molecule has 0 unspecified atom stereocenters. The van der Waals surface area contributed by atoms with Crippen LogP contribution in [0.4, 0.5) is 0 Å². The summed E-state index contributed by atoms with van der Waals surface area (Å²) in [6.45, 7) is 11.6. The van der Waals surface area contributed by atoms with Gasteiger partial charge in [0.1, 0.15) is 24.3 Å². The fourth-order valence-electron chi connectivity index (χ4n) is 1.89. The monoisotopic (exact) mass is 324 g/mol. The molecule has 0 saturated heterocycles. The number of rotatable bonds is 7. The highest BCUT2D eigenvalue weighted by atomic mass is 16.6. The Balaban J connectivity index is 2.48. The van der Waals surface area contributed by atoms with Crippen LogP contribution >= 0.6 is 0 Å². The fraction of sp³-hybridized carbons (Fsp3) is 0.733. The minimum atomic E-state index is -0.497. The third-order valence-electron chi connectivity index (χ3n) is 2.79. The van der Waals surface area contributed by atoms with E-state index < -0.39 is 5.60 Å². The van der Waals surface area contributed by atoms with Crippen molar-refractivity contribution < 1.29 is 9.53 Å². The van der Waals surface area contributed by atoms with Gasteiger partial charge in [-0.3, -0.25) is 4.79 Å². The number of carbonyl (C=O) groups excluding carboxylic acids is 1. The normalized spacial score (nSPS) is 12.1. The number of aromatic nitrogens is 3. The second-order valence-corrected chi connectivity index (χ2v) is 6.00. The number of guanidine groups is 1. The molecule has 0 aromatic carbocycles. The number of nitrogens with one attached hydrogen (secondary N) is 2. The van der Waals surface area contributed by atoms with Crippen molar-refractivity contribution in [3.05, 3.63) is 12.2 Å². The lowest BCUT2D eigenvalue weighted by atomic mass is 10.2. The van der Waals surface area contributed by atoms with Crippen molar-refractivity contribution in [2.45, 2.75) is 53.2 Å². The molecule has 8 heteroatoms. The predicted octanol–water partition coefficient (Wildman–Crippen LogP) is 0.737. The average Bonchev–Trinajstić information content (AvgIpc) is 2.90. The third kappa shape index (κ3) is 7.62. The summed E-state index contributed by atoms with van der Waals surface area (Å²) >= 11 is 0. The van der Waals surface area contributed by atoms with E-state index >= 15 is 0 Å². The first-order chi connectivity index (χ1) is 10.9. The van der Waals surface area contributed by atoms with Gasteiger partial charge >= 0.3 is 5.97 Å². The Kier molecular flexibility index (Phi) is 7.50. The molecule has 0 aliphatic carbocycles. The van der Waals surface area contributed by atoms with Gasteiger partial charge in [-0.05, 0) is 27.7 Å². The molecule has 0 saturated carbocycles. The maximum atomic E-state index is 11.7. The van der Waals surface area contributed by atoms with Crippen LogP contribution in [0.3, 0.4) is 0 Å². The summed E-state index contributed by atoms with van der Waals surface area (Å²) in [6, 6.07) is 0. The van der Waals surface area contributed by atoms with Crippen LogP contribution in [-0.4, -0.2) is 51.9 Å². The third-order valence-corrected chi connectivity index (χ3v) is 2.79. The molecule has 0 atom stereocenters. The molecule has 2 N–H and O–H groups in total. The summed E-state index contributed by atoms with van der Waals surface area (Å²) in [5, 5.41) is 14.2. The quantitative estimate of drug-likeness (QED) is 0.436. The Hall–Kier alpha value is -2.12. The van der Waals surface area contributed by atoms with Crippen LogP contribution in [0.15, 0.2) is 11.3 Å². The minimum Gasteiger partial charge on any atom is -0.459 e. The first kappa shape index (κ1) is 18.9. The van der Waals surface area contributed by atoms with Crippen LogP contribution in [0, 0.1) is 0 Å².